The van der Waals surface area contributed by atoms with E-state index in [1.807, 2.05) is 38.1 Å². The predicted molar refractivity (Wildman–Crippen MR) is 81.2 cm³/mol. The van der Waals surface area contributed by atoms with Crippen LogP contribution in [0.1, 0.15) is 17.0 Å². The van der Waals surface area contributed by atoms with E-state index < -0.39 is 10.8 Å². The molecule has 2 aromatic rings. The van der Waals surface area contributed by atoms with Gasteiger partial charge in [-0.05, 0) is 31.5 Å². The van der Waals surface area contributed by atoms with Crippen LogP contribution in [-0.4, -0.2) is 16.3 Å². The van der Waals surface area contributed by atoms with Gasteiger partial charge >= 0.3 is 0 Å². The van der Waals surface area contributed by atoms with Gasteiger partial charge in [0, 0.05) is 28.4 Å². The number of hydrogen-bond acceptors (Lipinski definition) is 4. The minimum absolute atomic E-state index is 0.350. The monoisotopic (exact) mass is 290 g/mol. The summed E-state index contributed by atoms with van der Waals surface area (Å²) < 4.78 is 17.7. The molecule has 0 aliphatic heterocycles. The zero-order valence-electron chi connectivity index (χ0n) is 11.8. The fourth-order valence-electron chi connectivity index (χ4n) is 1.97. The van der Waals surface area contributed by atoms with E-state index in [0.29, 0.717) is 11.4 Å². The third-order valence-electron chi connectivity index (χ3n) is 2.95. The molecule has 5 heteroatoms. The molecule has 1 atom stereocenters. The van der Waals surface area contributed by atoms with Crippen LogP contribution >= 0.6 is 0 Å². The Morgan fingerprint density at radius 3 is 2.70 bits per heavy atom. The Hall–Kier alpha value is -1.88. The number of nitrogens with zero attached hydrogens (tertiary/aromatic N) is 1. The first-order valence-corrected chi connectivity index (χ1v) is 7.57. The number of methoxy groups -OCH3 is 1. The summed E-state index contributed by atoms with van der Waals surface area (Å²) in [6, 6.07) is 9.11. The van der Waals surface area contributed by atoms with E-state index in [-0.39, 0.29) is 0 Å². The molecule has 1 aromatic carbocycles. The molecule has 0 saturated carbocycles. The molecule has 1 aromatic heterocycles. The molecule has 106 valence electrons. The van der Waals surface area contributed by atoms with Crippen LogP contribution in [-0.2, 0) is 16.6 Å². The maximum Gasteiger partial charge on any atom is 0.122 e. The largest absolute Gasteiger partial charge is 0.497 e. The van der Waals surface area contributed by atoms with Gasteiger partial charge in [-0.3, -0.25) is 9.19 Å². The highest BCUT2D eigenvalue weighted by molar-refractivity contribution is 7.84. The number of pyridine rings is 1. The molecule has 0 amide bonds. The first-order valence-electron chi connectivity index (χ1n) is 6.25. The first-order chi connectivity index (χ1) is 9.49. The second-order valence-corrected chi connectivity index (χ2v) is 6.07. The normalized spacial score (nSPS) is 12.2. The molecule has 4 nitrogen and oxygen atoms in total. The van der Waals surface area contributed by atoms with Gasteiger partial charge in [0.1, 0.15) is 5.75 Å². The van der Waals surface area contributed by atoms with Crippen molar-refractivity contribution in [1.29, 1.82) is 0 Å². The second kappa shape index (κ2) is 6.05. The summed E-state index contributed by atoms with van der Waals surface area (Å²) in [4.78, 5) is 5.15. The standard InChI is InChI=1S/C15H18N2O2S/c1-10-4-5-12(16)7-15(10)20(18)9-13-8-14(19-3)6-11(2)17-13/h4-8H,9,16H2,1-3H3. The fourth-order valence-corrected chi connectivity index (χ4v) is 3.24. The van der Waals surface area contributed by atoms with Crippen molar-refractivity contribution in [1.82, 2.24) is 4.98 Å². The minimum Gasteiger partial charge on any atom is -0.497 e. The van der Waals surface area contributed by atoms with Gasteiger partial charge in [0.15, 0.2) is 0 Å². The van der Waals surface area contributed by atoms with Crippen LogP contribution in [0, 0.1) is 13.8 Å². The number of nitrogen functional groups attached to an aromatic ring is 1. The maximum absolute atomic E-state index is 12.5. The minimum atomic E-state index is -1.17. The Kier molecular flexibility index (Phi) is 4.39. The van der Waals surface area contributed by atoms with Crippen molar-refractivity contribution >= 4 is 16.5 Å². The smallest absolute Gasteiger partial charge is 0.122 e. The molecule has 20 heavy (non-hydrogen) atoms. The lowest BCUT2D eigenvalue weighted by atomic mass is 10.2. The van der Waals surface area contributed by atoms with Crippen LogP contribution in [0.25, 0.3) is 0 Å². The van der Waals surface area contributed by atoms with E-state index in [4.69, 9.17) is 10.5 Å². The third-order valence-corrected chi connectivity index (χ3v) is 4.44. The van der Waals surface area contributed by atoms with E-state index in [0.717, 1.165) is 27.6 Å². The van der Waals surface area contributed by atoms with Gasteiger partial charge in [0.25, 0.3) is 0 Å². The number of benzene rings is 1. The summed E-state index contributed by atoms with van der Waals surface area (Å²) in [5.74, 6) is 1.08. The molecule has 0 aliphatic rings. The Labute approximate surface area is 121 Å². The van der Waals surface area contributed by atoms with Crippen molar-refractivity contribution in [2.75, 3.05) is 12.8 Å². The zero-order valence-corrected chi connectivity index (χ0v) is 12.7. The van der Waals surface area contributed by atoms with E-state index in [1.54, 1.807) is 13.2 Å². The summed E-state index contributed by atoms with van der Waals surface area (Å²) in [7, 11) is 0.436. The summed E-state index contributed by atoms with van der Waals surface area (Å²) in [6.45, 7) is 3.82. The Balaban J connectivity index is 2.27. The molecule has 0 aliphatic carbocycles. The van der Waals surface area contributed by atoms with Crippen LogP contribution in [0.4, 0.5) is 5.69 Å². The van der Waals surface area contributed by atoms with Crippen molar-refractivity contribution in [3.05, 3.63) is 47.3 Å². The third kappa shape index (κ3) is 3.36. The Morgan fingerprint density at radius 1 is 1.25 bits per heavy atom. The van der Waals surface area contributed by atoms with Crippen LogP contribution in [0.2, 0.25) is 0 Å². The SMILES string of the molecule is COc1cc(C)nc(CS(=O)c2cc(N)ccc2C)c1. The molecular formula is C15H18N2O2S. The lowest BCUT2D eigenvalue weighted by molar-refractivity contribution is 0.413. The highest BCUT2D eigenvalue weighted by Crippen LogP contribution is 2.21. The molecular weight excluding hydrogens is 272 g/mol. The van der Waals surface area contributed by atoms with Gasteiger partial charge in [0.05, 0.1) is 29.4 Å². The number of anilines is 1. The summed E-state index contributed by atoms with van der Waals surface area (Å²) in [5, 5.41) is 0. The van der Waals surface area contributed by atoms with Crippen LogP contribution in [0.15, 0.2) is 35.2 Å². The average molecular weight is 290 g/mol. The van der Waals surface area contributed by atoms with Gasteiger partial charge < -0.3 is 10.5 Å². The fraction of sp³-hybridized carbons (Fsp3) is 0.267. The molecule has 0 radical (unpaired) electrons. The van der Waals surface area contributed by atoms with Gasteiger partial charge in [-0.15, -0.1) is 0 Å². The van der Waals surface area contributed by atoms with E-state index in [1.165, 1.54) is 0 Å². The number of aryl methyl sites for hydroxylation is 2. The lowest BCUT2D eigenvalue weighted by Gasteiger charge is -2.08. The van der Waals surface area contributed by atoms with Crippen LogP contribution < -0.4 is 10.5 Å². The van der Waals surface area contributed by atoms with Crippen LogP contribution in [0.3, 0.4) is 0 Å². The number of rotatable bonds is 4. The number of aromatic nitrogens is 1. The molecule has 0 spiro atoms. The molecule has 2 N–H and O–H groups in total. The average Bonchev–Trinajstić information content (AvgIpc) is 2.40. The number of ether oxygens (including phenoxy) is 1. The van der Waals surface area contributed by atoms with Gasteiger partial charge in [-0.2, -0.15) is 0 Å². The Morgan fingerprint density at radius 2 is 2.00 bits per heavy atom. The van der Waals surface area contributed by atoms with Crippen LogP contribution in [0.5, 0.6) is 5.75 Å². The summed E-state index contributed by atoms with van der Waals surface area (Å²) in [6.07, 6.45) is 0. The highest BCUT2D eigenvalue weighted by Gasteiger charge is 2.11. The van der Waals surface area contributed by atoms with Crippen molar-refractivity contribution in [2.24, 2.45) is 0 Å². The maximum atomic E-state index is 12.5. The van der Waals surface area contributed by atoms with E-state index in [9.17, 15) is 4.21 Å². The molecule has 1 heterocycles. The Bertz CT molecular complexity index is 656. The topological polar surface area (TPSA) is 65.2 Å². The number of nitrogens with two attached hydrogens (primary N) is 1. The van der Waals surface area contributed by atoms with E-state index >= 15 is 0 Å². The predicted octanol–water partition coefficient (Wildman–Crippen LogP) is 2.60. The molecule has 0 bridgehead atoms. The molecule has 0 fully saturated rings. The van der Waals surface area contributed by atoms with Gasteiger partial charge in [-0.1, -0.05) is 6.07 Å². The quantitative estimate of drug-likeness (QED) is 0.879. The molecule has 1 unspecified atom stereocenters. The van der Waals surface area contributed by atoms with Crippen molar-refractivity contribution in [2.45, 2.75) is 24.5 Å². The first kappa shape index (κ1) is 14.5. The van der Waals surface area contributed by atoms with Crippen molar-refractivity contribution < 1.29 is 8.95 Å². The summed E-state index contributed by atoms with van der Waals surface area (Å²) in [5.41, 5.74) is 8.95. The number of hydrogen-bond donors (Lipinski definition) is 1. The lowest BCUT2D eigenvalue weighted by Crippen LogP contribution is -2.03. The molecule has 2 rings (SSSR count). The van der Waals surface area contributed by atoms with E-state index in [2.05, 4.69) is 4.98 Å². The van der Waals surface area contributed by atoms with Crippen molar-refractivity contribution in [3.8, 4) is 5.75 Å². The van der Waals surface area contributed by atoms with Gasteiger partial charge in [0.2, 0.25) is 0 Å². The second-order valence-electron chi connectivity index (χ2n) is 4.65. The highest BCUT2D eigenvalue weighted by atomic mass is 32.2. The zero-order chi connectivity index (χ0) is 14.7. The van der Waals surface area contributed by atoms with Crippen molar-refractivity contribution in [3.63, 3.8) is 0 Å². The molecule has 0 saturated heterocycles. The summed E-state index contributed by atoms with van der Waals surface area (Å²) >= 11 is 0. The van der Waals surface area contributed by atoms with Gasteiger partial charge in [-0.25, -0.2) is 0 Å².